The molecule has 0 unspecified atom stereocenters. The fourth-order valence-electron chi connectivity index (χ4n) is 4.56. The van der Waals surface area contributed by atoms with Crippen LogP contribution in [0.3, 0.4) is 0 Å². The summed E-state index contributed by atoms with van der Waals surface area (Å²) in [4.78, 5) is 33.3. The zero-order valence-corrected chi connectivity index (χ0v) is 21.9. The van der Waals surface area contributed by atoms with Crippen LogP contribution >= 0.6 is 0 Å². The van der Waals surface area contributed by atoms with Crippen molar-refractivity contribution in [2.45, 2.75) is 6.92 Å². The lowest BCUT2D eigenvalue weighted by atomic mass is 10.1. The first kappa shape index (κ1) is 25.1. The molecule has 0 aliphatic carbocycles. The molecule has 0 atom stereocenters. The molecule has 12 nitrogen and oxygen atoms in total. The maximum Gasteiger partial charge on any atom is 0.246 e. The molecule has 0 saturated carbocycles. The Kier molecular flexibility index (Phi) is 6.38. The lowest BCUT2D eigenvalue weighted by molar-refractivity contribution is -0.126. The van der Waals surface area contributed by atoms with Crippen LogP contribution in [0.25, 0.3) is 22.1 Å². The van der Waals surface area contributed by atoms with Crippen molar-refractivity contribution in [2.24, 2.45) is 7.05 Å². The molecule has 1 N–H and O–H groups in total. The molecule has 1 aliphatic rings. The number of halogens is 1. The van der Waals surface area contributed by atoms with E-state index < -0.39 is 5.82 Å². The van der Waals surface area contributed by atoms with E-state index in [1.165, 1.54) is 12.4 Å². The number of aromatic nitrogens is 7. The molecule has 6 rings (SSSR count). The van der Waals surface area contributed by atoms with Crippen molar-refractivity contribution in [1.82, 2.24) is 39.8 Å². The minimum Gasteiger partial charge on any atom is -0.457 e. The minimum absolute atomic E-state index is 0.0979. The van der Waals surface area contributed by atoms with Crippen molar-refractivity contribution < 1.29 is 13.9 Å². The third-order valence-corrected chi connectivity index (χ3v) is 6.81. The molecule has 0 bridgehead atoms. The van der Waals surface area contributed by atoms with Gasteiger partial charge in [-0.25, -0.2) is 29.0 Å². The van der Waals surface area contributed by atoms with Crippen molar-refractivity contribution in [3.8, 4) is 11.5 Å². The van der Waals surface area contributed by atoms with E-state index in [-0.39, 0.29) is 11.6 Å². The highest BCUT2D eigenvalue weighted by Gasteiger charge is 2.22. The zero-order valence-electron chi connectivity index (χ0n) is 21.9. The summed E-state index contributed by atoms with van der Waals surface area (Å²) >= 11 is 0. The average molecular weight is 541 g/mol. The highest BCUT2D eigenvalue weighted by atomic mass is 19.1. The molecule has 0 spiro atoms. The fourth-order valence-corrected chi connectivity index (χ4v) is 4.56. The van der Waals surface area contributed by atoms with Crippen molar-refractivity contribution in [3.05, 3.63) is 66.9 Å². The van der Waals surface area contributed by atoms with E-state index in [4.69, 9.17) is 4.74 Å². The second-order valence-corrected chi connectivity index (χ2v) is 9.28. The molecule has 2 aromatic carbocycles. The van der Waals surface area contributed by atoms with Crippen LogP contribution < -0.4 is 15.0 Å². The summed E-state index contributed by atoms with van der Waals surface area (Å²) in [7, 11) is 1.81. The number of anilines is 3. The molecule has 1 saturated heterocycles. The Labute approximate surface area is 228 Å². The van der Waals surface area contributed by atoms with Gasteiger partial charge in [0.25, 0.3) is 0 Å². The lowest BCUT2D eigenvalue weighted by Gasteiger charge is -2.34. The van der Waals surface area contributed by atoms with Crippen LogP contribution in [0.2, 0.25) is 0 Å². The Morgan fingerprint density at radius 2 is 1.93 bits per heavy atom. The Hall–Kier alpha value is -5.20. The number of nitrogens with zero attached hydrogens (tertiary/aromatic N) is 9. The summed E-state index contributed by atoms with van der Waals surface area (Å²) in [5.74, 6) is 1.14. The molecule has 202 valence electrons. The highest BCUT2D eigenvalue weighted by molar-refractivity contribution is 5.88. The van der Waals surface area contributed by atoms with E-state index >= 15 is 4.39 Å². The van der Waals surface area contributed by atoms with Gasteiger partial charge in [-0.1, -0.05) is 11.8 Å². The van der Waals surface area contributed by atoms with Crippen LogP contribution in [0.5, 0.6) is 11.5 Å². The summed E-state index contributed by atoms with van der Waals surface area (Å²) in [6.45, 7) is 7.40. The second-order valence-electron chi connectivity index (χ2n) is 9.28. The van der Waals surface area contributed by atoms with E-state index in [0.717, 1.165) is 5.52 Å². The van der Waals surface area contributed by atoms with Crippen LogP contribution in [0, 0.1) is 12.7 Å². The molecule has 1 aliphatic heterocycles. The Morgan fingerprint density at radius 3 is 2.73 bits per heavy atom. The van der Waals surface area contributed by atoms with E-state index in [1.807, 2.05) is 18.0 Å². The number of aryl methyl sites for hydroxylation is 1. The number of hydrogen-bond donors (Lipinski definition) is 1. The summed E-state index contributed by atoms with van der Waals surface area (Å²) in [5, 5.41) is 11.2. The fraction of sp³-hybridized carbons (Fsp3) is 0.222. The minimum atomic E-state index is -0.484. The van der Waals surface area contributed by atoms with Gasteiger partial charge >= 0.3 is 0 Å². The van der Waals surface area contributed by atoms with Crippen LogP contribution in [0.15, 0.2) is 55.5 Å². The molecule has 0 radical (unpaired) electrons. The molecule has 1 amide bonds. The van der Waals surface area contributed by atoms with Gasteiger partial charge in [0.15, 0.2) is 11.6 Å². The molecular weight excluding hydrogens is 515 g/mol. The van der Waals surface area contributed by atoms with Crippen LogP contribution in [0.1, 0.15) is 5.56 Å². The third-order valence-electron chi connectivity index (χ3n) is 6.81. The topological polar surface area (TPSA) is 127 Å². The van der Waals surface area contributed by atoms with Crippen LogP contribution in [-0.2, 0) is 11.8 Å². The Bertz CT molecular complexity index is 1760. The standard InChI is InChI=1S/C27H25FN10O2/c1-4-23(39)37-9-11-38(12-10-37)27-29-14-20-25(33-27)26(31-15-30-20)32-18-6-8-22(16(2)24(18)28)40-17-5-7-21-19(13-17)34-35-36(21)3/h4-8,13-15H,1,9-12H2,2-3H3,(H,30,31,32). The molecule has 1 fully saturated rings. The quantitative estimate of drug-likeness (QED) is 0.320. The maximum atomic E-state index is 15.5. The first-order chi connectivity index (χ1) is 19.4. The molecule has 5 aromatic rings. The summed E-state index contributed by atoms with van der Waals surface area (Å²) < 4.78 is 23.2. The zero-order chi connectivity index (χ0) is 27.8. The first-order valence-corrected chi connectivity index (χ1v) is 12.6. The number of hydrogen-bond acceptors (Lipinski definition) is 10. The van der Waals surface area contributed by atoms with Gasteiger partial charge in [-0.3, -0.25) is 4.79 Å². The molecular formula is C27H25FN10O2. The number of amides is 1. The summed E-state index contributed by atoms with van der Waals surface area (Å²) in [6, 6.07) is 8.67. The van der Waals surface area contributed by atoms with Gasteiger partial charge in [0.05, 0.1) is 17.4 Å². The predicted molar refractivity (Wildman–Crippen MR) is 147 cm³/mol. The largest absolute Gasteiger partial charge is 0.457 e. The van der Waals surface area contributed by atoms with Crippen molar-refractivity contribution >= 4 is 45.4 Å². The normalized spacial score (nSPS) is 13.6. The van der Waals surface area contributed by atoms with E-state index in [1.54, 1.807) is 47.0 Å². The van der Waals surface area contributed by atoms with Gasteiger partial charge in [-0.05, 0) is 37.3 Å². The lowest BCUT2D eigenvalue weighted by Crippen LogP contribution is -2.48. The Balaban J connectivity index is 1.24. The average Bonchev–Trinajstić information content (AvgIpc) is 3.36. The van der Waals surface area contributed by atoms with Crippen LogP contribution in [-0.4, -0.2) is 71.9 Å². The number of carbonyl (C=O) groups excluding carboxylic acids is 1. The summed E-state index contributed by atoms with van der Waals surface area (Å²) in [5.41, 5.74) is 3.05. The van der Waals surface area contributed by atoms with Crippen molar-refractivity contribution in [2.75, 3.05) is 36.4 Å². The van der Waals surface area contributed by atoms with Crippen LogP contribution in [0.4, 0.5) is 21.8 Å². The smallest absolute Gasteiger partial charge is 0.246 e. The number of carbonyl (C=O) groups is 1. The SMILES string of the molecule is C=CC(=O)N1CCN(c2ncc3ncnc(Nc4ccc(Oc5ccc6c(c5)nnn6C)c(C)c4F)c3n2)CC1. The van der Waals surface area contributed by atoms with E-state index in [2.05, 4.69) is 42.1 Å². The highest BCUT2D eigenvalue weighted by Crippen LogP contribution is 2.33. The van der Waals surface area contributed by atoms with Gasteiger partial charge in [-0.2, -0.15) is 0 Å². The van der Waals surface area contributed by atoms with Gasteiger partial charge < -0.3 is 19.9 Å². The van der Waals surface area contributed by atoms with Gasteiger partial charge in [0, 0.05) is 44.9 Å². The number of benzene rings is 2. The number of piperazine rings is 1. The Morgan fingerprint density at radius 1 is 1.10 bits per heavy atom. The molecule has 4 heterocycles. The monoisotopic (exact) mass is 540 g/mol. The molecule has 40 heavy (non-hydrogen) atoms. The van der Waals surface area contributed by atoms with E-state index in [0.29, 0.717) is 71.6 Å². The second kappa shape index (κ2) is 10.2. The van der Waals surface area contributed by atoms with Crippen molar-refractivity contribution in [1.29, 1.82) is 0 Å². The maximum absolute atomic E-state index is 15.5. The number of rotatable bonds is 6. The molecule has 13 heteroatoms. The summed E-state index contributed by atoms with van der Waals surface area (Å²) in [6.07, 6.45) is 4.30. The third kappa shape index (κ3) is 4.61. The number of nitrogens with one attached hydrogen (secondary N) is 1. The van der Waals surface area contributed by atoms with Gasteiger partial charge in [0.1, 0.15) is 34.4 Å². The van der Waals surface area contributed by atoms with E-state index in [9.17, 15) is 4.79 Å². The number of fused-ring (bicyclic) bond motifs is 2. The first-order valence-electron chi connectivity index (χ1n) is 12.6. The van der Waals surface area contributed by atoms with Crippen molar-refractivity contribution in [3.63, 3.8) is 0 Å². The molecule has 3 aromatic heterocycles. The number of ether oxygens (including phenoxy) is 1. The predicted octanol–water partition coefficient (Wildman–Crippen LogP) is 3.52. The van der Waals surface area contributed by atoms with Gasteiger partial charge in [-0.15, -0.1) is 5.10 Å². The van der Waals surface area contributed by atoms with Gasteiger partial charge in [0.2, 0.25) is 11.9 Å².